The zero-order valence-electron chi connectivity index (χ0n) is 21.7. The van der Waals surface area contributed by atoms with Crippen LogP contribution >= 0.6 is 11.3 Å². The van der Waals surface area contributed by atoms with Crippen molar-refractivity contribution in [3.8, 4) is 11.3 Å². The van der Waals surface area contributed by atoms with Crippen LogP contribution < -0.4 is 10.6 Å². The van der Waals surface area contributed by atoms with Gasteiger partial charge in [0, 0.05) is 49.0 Å². The minimum atomic E-state index is -0.162. The highest BCUT2D eigenvalue weighted by molar-refractivity contribution is 7.20. The predicted molar refractivity (Wildman–Crippen MR) is 154 cm³/mol. The van der Waals surface area contributed by atoms with Crippen LogP contribution in [0.25, 0.3) is 21.5 Å². The van der Waals surface area contributed by atoms with Crippen LogP contribution in [0.4, 0.5) is 11.5 Å². The van der Waals surface area contributed by atoms with Gasteiger partial charge in [-0.3, -0.25) is 14.6 Å². The second-order valence-corrected chi connectivity index (χ2v) is 10.2. The maximum Gasteiger partial charge on any atom is 0.271 e. The number of thiophene rings is 1. The average Bonchev–Trinajstić information content (AvgIpc) is 3.39. The van der Waals surface area contributed by atoms with Gasteiger partial charge in [0.15, 0.2) is 0 Å². The molecule has 2 N–H and O–H groups in total. The third-order valence-electron chi connectivity index (χ3n) is 6.63. The minimum absolute atomic E-state index is 0.0288. The minimum Gasteiger partial charge on any atom is -0.370 e. The fourth-order valence-electron chi connectivity index (χ4n) is 4.73. The van der Waals surface area contributed by atoms with Crippen molar-refractivity contribution < 1.29 is 9.59 Å². The number of hydrazine groups is 1. The second-order valence-electron chi connectivity index (χ2n) is 9.20. The lowest BCUT2D eigenvalue weighted by atomic mass is 10.1. The molecule has 9 heteroatoms. The normalized spacial score (nSPS) is 13.8. The first-order chi connectivity index (χ1) is 18.6. The second kappa shape index (κ2) is 11.7. The van der Waals surface area contributed by atoms with Gasteiger partial charge in [-0.1, -0.05) is 24.6 Å². The van der Waals surface area contributed by atoms with Crippen LogP contribution in [0.1, 0.15) is 53.1 Å². The molecule has 2 amide bonds. The van der Waals surface area contributed by atoms with E-state index in [4.69, 9.17) is 4.98 Å². The molecule has 1 aliphatic rings. The van der Waals surface area contributed by atoms with Crippen molar-refractivity contribution in [2.75, 3.05) is 36.8 Å². The number of nitrogens with one attached hydrogen (secondary N) is 2. The Hall–Kier alpha value is -3.82. The summed E-state index contributed by atoms with van der Waals surface area (Å²) in [6.45, 7) is 7.10. The number of hydrogen-bond acceptors (Lipinski definition) is 7. The number of fused-ring (bicyclic) bond motifs is 1. The smallest absolute Gasteiger partial charge is 0.271 e. The zero-order valence-corrected chi connectivity index (χ0v) is 22.6. The monoisotopic (exact) mass is 528 g/mol. The number of piperidine rings is 1. The van der Waals surface area contributed by atoms with Crippen molar-refractivity contribution in [2.24, 2.45) is 0 Å². The number of nitrogens with zero attached hydrogens (tertiary/aromatic N) is 4. The van der Waals surface area contributed by atoms with Gasteiger partial charge in [-0.15, -0.1) is 11.3 Å². The summed E-state index contributed by atoms with van der Waals surface area (Å²) in [6, 6.07) is 17.0. The number of carbonyl (C=O) groups excluding carboxylic acids is 2. The van der Waals surface area contributed by atoms with Gasteiger partial charge >= 0.3 is 0 Å². The van der Waals surface area contributed by atoms with E-state index in [-0.39, 0.29) is 11.8 Å². The molecular weight excluding hydrogens is 496 g/mol. The van der Waals surface area contributed by atoms with E-state index in [2.05, 4.69) is 20.6 Å². The number of hydrogen-bond donors (Lipinski definition) is 2. The van der Waals surface area contributed by atoms with Crippen molar-refractivity contribution in [1.82, 2.24) is 20.0 Å². The first kappa shape index (κ1) is 25.8. The van der Waals surface area contributed by atoms with Crippen LogP contribution in [0.5, 0.6) is 0 Å². The van der Waals surface area contributed by atoms with Crippen LogP contribution in [0.15, 0.2) is 60.8 Å². The summed E-state index contributed by atoms with van der Waals surface area (Å²) in [5.41, 5.74) is 2.93. The molecule has 1 aliphatic heterocycles. The third-order valence-corrected chi connectivity index (χ3v) is 7.69. The summed E-state index contributed by atoms with van der Waals surface area (Å²) in [7, 11) is 0. The van der Waals surface area contributed by atoms with E-state index in [0.29, 0.717) is 35.0 Å². The zero-order chi connectivity index (χ0) is 26.5. The first-order valence-electron chi connectivity index (χ1n) is 13.2. The van der Waals surface area contributed by atoms with Gasteiger partial charge in [-0.05, 0) is 63.1 Å². The number of carbonyl (C=O) groups is 2. The SMILES string of the molecule is CCNc1nc(-c2ccc(NC(=O)c3cc4cccnc4s3)cc2)ccc1C(=O)N(CC)N1CCCCC1. The molecule has 0 radical (unpaired) electrons. The largest absolute Gasteiger partial charge is 0.370 e. The van der Waals surface area contributed by atoms with Crippen molar-refractivity contribution in [3.63, 3.8) is 0 Å². The Labute approximate surface area is 226 Å². The van der Waals surface area contributed by atoms with E-state index in [0.717, 1.165) is 47.4 Å². The topological polar surface area (TPSA) is 90.5 Å². The molecule has 4 heterocycles. The highest BCUT2D eigenvalue weighted by atomic mass is 32.1. The summed E-state index contributed by atoms with van der Waals surface area (Å²) >= 11 is 1.37. The Bertz CT molecular complexity index is 1400. The lowest BCUT2D eigenvalue weighted by molar-refractivity contribution is -0.0181. The highest BCUT2D eigenvalue weighted by Gasteiger charge is 2.25. The fourth-order valence-corrected chi connectivity index (χ4v) is 5.62. The van der Waals surface area contributed by atoms with Crippen molar-refractivity contribution in [2.45, 2.75) is 33.1 Å². The third kappa shape index (κ3) is 5.54. The Morgan fingerprint density at radius 2 is 1.82 bits per heavy atom. The Morgan fingerprint density at radius 1 is 1.03 bits per heavy atom. The Kier molecular flexibility index (Phi) is 7.95. The molecular formula is C29H32N6O2S. The number of aromatic nitrogens is 2. The van der Waals surface area contributed by atoms with E-state index in [1.165, 1.54) is 17.8 Å². The summed E-state index contributed by atoms with van der Waals surface area (Å²) in [6.07, 6.45) is 5.16. The highest BCUT2D eigenvalue weighted by Crippen LogP contribution is 2.27. The van der Waals surface area contributed by atoms with E-state index >= 15 is 0 Å². The van der Waals surface area contributed by atoms with Gasteiger partial charge in [-0.25, -0.2) is 15.0 Å². The van der Waals surface area contributed by atoms with E-state index in [1.54, 1.807) is 6.20 Å². The number of anilines is 2. The Morgan fingerprint density at radius 3 is 2.53 bits per heavy atom. The lowest BCUT2D eigenvalue weighted by Gasteiger charge is -2.37. The molecule has 0 spiro atoms. The van der Waals surface area contributed by atoms with E-state index in [1.807, 2.05) is 73.5 Å². The van der Waals surface area contributed by atoms with Gasteiger partial charge in [0.1, 0.15) is 10.6 Å². The maximum absolute atomic E-state index is 13.5. The van der Waals surface area contributed by atoms with Crippen LogP contribution in [-0.2, 0) is 0 Å². The molecule has 1 aromatic carbocycles. The van der Waals surface area contributed by atoms with Crippen molar-refractivity contribution in [3.05, 3.63) is 71.2 Å². The van der Waals surface area contributed by atoms with Crippen molar-refractivity contribution in [1.29, 1.82) is 0 Å². The van der Waals surface area contributed by atoms with Gasteiger partial charge in [0.05, 0.1) is 16.1 Å². The van der Waals surface area contributed by atoms with Gasteiger partial charge in [0.2, 0.25) is 0 Å². The first-order valence-corrected chi connectivity index (χ1v) is 14.0. The van der Waals surface area contributed by atoms with Gasteiger partial charge < -0.3 is 10.6 Å². The summed E-state index contributed by atoms with van der Waals surface area (Å²) in [4.78, 5) is 36.8. The summed E-state index contributed by atoms with van der Waals surface area (Å²) in [5, 5.41) is 11.2. The number of rotatable bonds is 8. The molecule has 4 aromatic rings. The molecule has 5 rings (SSSR count). The van der Waals surface area contributed by atoms with Crippen LogP contribution in [0.3, 0.4) is 0 Å². The molecule has 0 saturated carbocycles. The molecule has 0 unspecified atom stereocenters. The molecule has 196 valence electrons. The predicted octanol–water partition coefficient (Wildman–Crippen LogP) is 5.91. The van der Waals surface area contributed by atoms with E-state index in [9.17, 15) is 9.59 Å². The molecule has 0 atom stereocenters. The summed E-state index contributed by atoms with van der Waals surface area (Å²) < 4.78 is 0. The molecule has 0 bridgehead atoms. The lowest BCUT2D eigenvalue weighted by Crippen LogP contribution is -2.48. The molecule has 3 aromatic heterocycles. The molecule has 8 nitrogen and oxygen atoms in total. The summed E-state index contributed by atoms with van der Waals surface area (Å²) in [5.74, 6) is 0.394. The van der Waals surface area contributed by atoms with Gasteiger partial charge in [-0.2, -0.15) is 0 Å². The van der Waals surface area contributed by atoms with Crippen LogP contribution in [0, 0.1) is 0 Å². The van der Waals surface area contributed by atoms with Crippen molar-refractivity contribution >= 4 is 44.9 Å². The molecule has 38 heavy (non-hydrogen) atoms. The molecule has 1 saturated heterocycles. The fraction of sp³-hybridized carbons (Fsp3) is 0.310. The maximum atomic E-state index is 13.5. The van der Waals surface area contributed by atoms with Crippen LogP contribution in [-0.4, -0.2) is 58.0 Å². The molecule has 1 fully saturated rings. The number of benzene rings is 1. The average molecular weight is 529 g/mol. The van der Waals surface area contributed by atoms with Crippen LogP contribution in [0.2, 0.25) is 0 Å². The van der Waals surface area contributed by atoms with Gasteiger partial charge in [0.25, 0.3) is 11.8 Å². The molecule has 0 aliphatic carbocycles. The number of amides is 2. The van der Waals surface area contributed by atoms with E-state index < -0.39 is 0 Å². The Balaban J connectivity index is 1.33. The quantitative estimate of drug-likeness (QED) is 0.296. The number of pyridine rings is 2. The standard InChI is InChI=1S/C29H32N6O2S/c1-3-30-26-23(29(37)35(4-2)34-17-6-5-7-18-34)14-15-24(33-26)20-10-12-22(13-11-20)32-27(36)25-19-21-9-8-16-31-28(21)38-25/h8-16,19H,3-7,17-18H2,1-2H3,(H,30,33)(H,32,36).